The van der Waals surface area contributed by atoms with Crippen LogP contribution in [0.5, 0.6) is 5.75 Å². The third-order valence-corrected chi connectivity index (χ3v) is 6.92. The van der Waals surface area contributed by atoms with Crippen LogP contribution in [0.2, 0.25) is 0 Å². The Balaban J connectivity index is 1.15. The van der Waals surface area contributed by atoms with Gasteiger partial charge in [-0.05, 0) is 87.4 Å². The number of H-pyrrole nitrogens is 2. The van der Waals surface area contributed by atoms with Crippen LogP contribution in [-0.2, 0) is 13.2 Å². The van der Waals surface area contributed by atoms with E-state index in [1.807, 2.05) is 24.5 Å². The Kier molecular flexibility index (Phi) is 7.49. The van der Waals surface area contributed by atoms with E-state index in [4.69, 9.17) is 4.74 Å². The molecular formula is C29H36N6O. The summed E-state index contributed by atoms with van der Waals surface area (Å²) < 4.78 is 6.04. The van der Waals surface area contributed by atoms with Gasteiger partial charge in [0, 0.05) is 0 Å². The maximum atomic E-state index is 6.04. The first kappa shape index (κ1) is 24.3. The molecule has 0 radical (unpaired) electrons. The quantitative estimate of drug-likeness (QED) is 0.304. The van der Waals surface area contributed by atoms with Crippen molar-refractivity contribution >= 4 is 0 Å². The highest BCUT2D eigenvalue weighted by Gasteiger charge is 2.25. The fourth-order valence-electron chi connectivity index (χ4n) is 4.89. The molecule has 2 aromatic heterocycles. The maximum absolute atomic E-state index is 6.04. The van der Waals surface area contributed by atoms with Crippen molar-refractivity contribution in [1.82, 2.24) is 29.7 Å². The molecule has 3 heterocycles. The normalized spacial score (nSPS) is 16.2. The molecule has 1 aliphatic heterocycles. The van der Waals surface area contributed by atoms with Gasteiger partial charge in [-0.1, -0.05) is 31.2 Å². The van der Waals surface area contributed by atoms with E-state index in [9.17, 15) is 0 Å². The van der Waals surface area contributed by atoms with E-state index in [1.165, 1.54) is 6.42 Å². The zero-order valence-corrected chi connectivity index (χ0v) is 21.5. The molecule has 1 aliphatic rings. The molecule has 2 N–H and O–H groups in total. The summed E-state index contributed by atoms with van der Waals surface area (Å²) in [5.41, 5.74) is 5.46. The topological polar surface area (TPSA) is 73.1 Å². The molecule has 5 rings (SSSR count). The van der Waals surface area contributed by atoms with Gasteiger partial charge in [-0.2, -0.15) is 0 Å². The van der Waals surface area contributed by atoms with E-state index in [-0.39, 0.29) is 0 Å². The Labute approximate surface area is 213 Å². The maximum Gasteiger partial charge on any atom is 0.123 e. The zero-order valence-electron chi connectivity index (χ0n) is 21.5. The lowest BCUT2D eigenvalue weighted by atomic mass is 10.1. The monoisotopic (exact) mass is 484 g/mol. The number of hydrogen-bond donors (Lipinski definition) is 2. The average Bonchev–Trinajstić information content (AvgIpc) is 3.65. The lowest BCUT2D eigenvalue weighted by Gasteiger charge is -2.16. The Morgan fingerprint density at radius 2 is 1.67 bits per heavy atom. The zero-order chi connectivity index (χ0) is 24.9. The summed E-state index contributed by atoms with van der Waals surface area (Å²) in [6.45, 7) is 5.75. The highest BCUT2D eigenvalue weighted by atomic mass is 16.5. The Morgan fingerprint density at radius 3 is 2.36 bits per heavy atom. The lowest BCUT2D eigenvalue weighted by Crippen LogP contribution is -2.19. The van der Waals surface area contributed by atoms with Crippen LogP contribution in [-0.4, -0.2) is 56.9 Å². The molecule has 0 spiro atoms. The largest absolute Gasteiger partial charge is 0.489 e. The number of ether oxygens (including phenoxy) is 1. The van der Waals surface area contributed by atoms with Crippen molar-refractivity contribution in [2.24, 2.45) is 0 Å². The predicted molar refractivity (Wildman–Crippen MR) is 144 cm³/mol. The Hall–Kier alpha value is -3.42. The first-order valence-corrected chi connectivity index (χ1v) is 12.9. The summed E-state index contributed by atoms with van der Waals surface area (Å²) in [6, 6.07) is 17.1. The summed E-state index contributed by atoms with van der Waals surface area (Å²) in [6.07, 6.45) is 7.38. The van der Waals surface area contributed by atoms with Crippen molar-refractivity contribution in [3.63, 3.8) is 0 Å². The van der Waals surface area contributed by atoms with Crippen LogP contribution in [0.4, 0.5) is 0 Å². The van der Waals surface area contributed by atoms with Gasteiger partial charge >= 0.3 is 0 Å². The van der Waals surface area contributed by atoms with E-state index in [1.54, 1.807) is 0 Å². The summed E-state index contributed by atoms with van der Waals surface area (Å²) in [4.78, 5) is 20.8. The van der Waals surface area contributed by atoms with E-state index >= 15 is 0 Å². The second-order valence-corrected chi connectivity index (χ2v) is 9.81. The van der Waals surface area contributed by atoms with Crippen LogP contribution in [0.15, 0.2) is 60.9 Å². The van der Waals surface area contributed by atoms with Gasteiger partial charge in [0.1, 0.15) is 24.0 Å². The highest BCUT2D eigenvalue weighted by molar-refractivity contribution is 5.60. The Morgan fingerprint density at radius 1 is 0.972 bits per heavy atom. The van der Waals surface area contributed by atoms with Crippen LogP contribution >= 0.6 is 0 Å². The molecule has 0 aliphatic carbocycles. The molecule has 36 heavy (non-hydrogen) atoms. The van der Waals surface area contributed by atoms with Crippen molar-refractivity contribution < 1.29 is 4.74 Å². The van der Waals surface area contributed by atoms with Gasteiger partial charge in [0.15, 0.2) is 0 Å². The van der Waals surface area contributed by atoms with Gasteiger partial charge in [-0.15, -0.1) is 0 Å². The molecule has 0 bridgehead atoms. The van der Waals surface area contributed by atoms with Gasteiger partial charge in [-0.25, -0.2) is 9.97 Å². The fourth-order valence-corrected chi connectivity index (χ4v) is 4.89. The van der Waals surface area contributed by atoms with E-state index in [0.717, 1.165) is 78.0 Å². The molecular weight excluding hydrogens is 448 g/mol. The predicted octanol–water partition coefficient (Wildman–Crippen LogP) is 5.65. The van der Waals surface area contributed by atoms with Gasteiger partial charge in [0.25, 0.3) is 0 Å². The third-order valence-electron chi connectivity index (χ3n) is 6.92. The number of likely N-dealkylation sites (tertiary alicyclic amines) is 1. The number of rotatable bonds is 10. The SMILES string of the molecule is CCCN(C)Cc1ncc(-c2ccc(COc3ccc(-c4cnc([C@@H]5CCCN5C)[nH]4)cc3)cc2)[nH]1. The van der Waals surface area contributed by atoms with E-state index in [0.29, 0.717) is 12.6 Å². The number of nitrogens with one attached hydrogen (secondary N) is 2. The molecule has 4 aromatic rings. The Bertz CT molecular complexity index is 1240. The second kappa shape index (κ2) is 11.1. The number of aromatic nitrogens is 4. The van der Waals surface area contributed by atoms with Gasteiger partial charge in [0.2, 0.25) is 0 Å². The van der Waals surface area contributed by atoms with Crippen LogP contribution in [0.3, 0.4) is 0 Å². The smallest absolute Gasteiger partial charge is 0.123 e. The molecule has 188 valence electrons. The molecule has 7 heteroatoms. The molecule has 0 saturated carbocycles. The molecule has 1 fully saturated rings. The summed E-state index contributed by atoms with van der Waals surface area (Å²) in [7, 11) is 4.29. The minimum Gasteiger partial charge on any atom is -0.489 e. The molecule has 1 saturated heterocycles. The first-order chi connectivity index (χ1) is 17.6. The highest BCUT2D eigenvalue weighted by Crippen LogP contribution is 2.30. The molecule has 1 atom stereocenters. The number of benzene rings is 2. The fraction of sp³-hybridized carbons (Fsp3) is 0.379. The minimum absolute atomic E-state index is 0.399. The molecule has 0 amide bonds. The van der Waals surface area contributed by atoms with Crippen molar-refractivity contribution in [1.29, 1.82) is 0 Å². The minimum atomic E-state index is 0.399. The van der Waals surface area contributed by atoms with E-state index < -0.39 is 0 Å². The second-order valence-electron chi connectivity index (χ2n) is 9.81. The lowest BCUT2D eigenvalue weighted by molar-refractivity contribution is 0.306. The van der Waals surface area contributed by atoms with Crippen molar-refractivity contribution in [2.45, 2.75) is 45.4 Å². The van der Waals surface area contributed by atoms with Gasteiger partial charge < -0.3 is 14.7 Å². The number of aromatic amines is 2. The third kappa shape index (κ3) is 5.69. The van der Waals surface area contributed by atoms with Crippen molar-refractivity contribution in [3.05, 3.63) is 78.1 Å². The van der Waals surface area contributed by atoms with Crippen LogP contribution in [0.1, 0.15) is 49.4 Å². The summed E-state index contributed by atoms with van der Waals surface area (Å²) in [5.74, 6) is 2.91. The molecule has 2 aromatic carbocycles. The molecule has 0 unspecified atom stereocenters. The van der Waals surface area contributed by atoms with Crippen molar-refractivity contribution in [3.8, 4) is 28.3 Å². The van der Waals surface area contributed by atoms with Gasteiger partial charge in [-0.3, -0.25) is 9.80 Å². The van der Waals surface area contributed by atoms with Gasteiger partial charge in [0.05, 0.1) is 36.4 Å². The van der Waals surface area contributed by atoms with Crippen molar-refractivity contribution in [2.75, 3.05) is 27.2 Å². The summed E-state index contributed by atoms with van der Waals surface area (Å²) >= 11 is 0. The number of hydrogen-bond acceptors (Lipinski definition) is 5. The number of nitrogens with zero attached hydrogens (tertiary/aromatic N) is 4. The molecule has 7 nitrogen and oxygen atoms in total. The van der Waals surface area contributed by atoms with Crippen LogP contribution < -0.4 is 4.74 Å². The van der Waals surface area contributed by atoms with E-state index in [2.05, 4.69) is 87.2 Å². The summed E-state index contributed by atoms with van der Waals surface area (Å²) in [5, 5.41) is 0. The standard InChI is InChI=1S/C29H36N6O/c1-4-15-34(2)19-28-30-17-25(32-28)22-9-7-21(8-10-22)20-36-24-13-11-23(12-14-24)26-18-31-29(33-26)27-6-5-16-35(27)3/h7-14,17-18,27H,4-6,15-16,19-20H2,1-3H3,(H,30,32)(H,31,33)/t27-/m0/s1. The average molecular weight is 485 g/mol. The number of imidazole rings is 2. The first-order valence-electron chi connectivity index (χ1n) is 12.9. The van der Waals surface area contributed by atoms with Crippen LogP contribution in [0.25, 0.3) is 22.5 Å². The van der Waals surface area contributed by atoms with Crippen LogP contribution in [0, 0.1) is 0 Å².